The van der Waals surface area contributed by atoms with Gasteiger partial charge in [0.05, 0.1) is 5.56 Å². The number of carboxylic acid groups (broad SMARTS) is 1. The van der Waals surface area contributed by atoms with Crippen molar-refractivity contribution in [3.05, 3.63) is 29.8 Å². The van der Waals surface area contributed by atoms with Crippen LogP contribution in [0.2, 0.25) is 0 Å². The van der Waals surface area contributed by atoms with E-state index in [1.807, 2.05) is 11.8 Å². The molecule has 1 heterocycles. The zero-order chi connectivity index (χ0) is 13.7. The highest BCUT2D eigenvalue weighted by molar-refractivity contribution is 7.99. The van der Waals surface area contributed by atoms with Gasteiger partial charge in [-0.1, -0.05) is 6.92 Å². The molecular formula is C14H19NO3S. The lowest BCUT2D eigenvalue weighted by Crippen LogP contribution is -2.39. The number of ether oxygens (including phenoxy) is 1. The summed E-state index contributed by atoms with van der Waals surface area (Å²) in [6.45, 7) is 6.06. The Bertz CT molecular complexity index is 421. The second kappa shape index (κ2) is 6.82. The molecule has 0 amide bonds. The molecule has 0 spiro atoms. The molecule has 1 aliphatic heterocycles. The Balaban J connectivity index is 1.74. The lowest BCUT2D eigenvalue weighted by Gasteiger charge is -2.30. The van der Waals surface area contributed by atoms with E-state index in [4.69, 9.17) is 9.84 Å². The van der Waals surface area contributed by atoms with E-state index < -0.39 is 5.97 Å². The highest BCUT2D eigenvalue weighted by Crippen LogP contribution is 2.17. The van der Waals surface area contributed by atoms with Gasteiger partial charge < -0.3 is 9.84 Å². The van der Waals surface area contributed by atoms with Gasteiger partial charge in [0, 0.05) is 30.6 Å². The van der Waals surface area contributed by atoms with Gasteiger partial charge in [0.2, 0.25) is 0 Å². The highest BCUT2D eigenvalue weighted by atomic mass is 32.2. The quantitative estimate of drug-likeness (QED) is 0.896. The Labute approximate surface area is 117 Å². The predicted octanol–water partition coefficient (Wildman–Crippen LogP) is 2.20. The van der Waals surface area contributed by atoms with Crippen LogP contribution in [0.3, 0.4) is 0 Å². The maximum atomic E-state index is 10.7. The predicted molar refractivity (Wildman–Crippen MR) is 77.3 cm³/mol. The van der Waals surface area contributed by atoms with Crippen molar-refractivity contribution in [1.29, 1.82) is 0 Å². The largest absolute Gasteiger partial charge is 0.492 e. The fraction of sp³-hybridized carbons (Fsp3) is 0.500. The molecule has 104 valence electrons. The molecule has 1 unspecified atom stereocenters. The van der Waals surface area contributed by atoms with E-state index >= 15 is 0 Å². The van der Waals surface area contributed by atoms with Crippen LogP contribution in [0.1, 0.15) is 17.3 Å². The minimum atomic E-state index is -0.911. The lowest BCUT2D eigenvalue weighted by molar-refractivity contribution is 0.0697. The fourth-order valence-corrected chi connectivity index (χ4v) is 3.16. The second-order valence-corrected chi connectivity index (χ2v) is 6.21. The smallest absolute Gasteiger partial charge is 0.335 e. The van der Waals surface area contributed by atoms with Gasteiger partial charge in [0.15, 0.2) is 0 Å². The number of hydrogen-bond donors (Lipinski definition) is 1. The molecule has 1 aromatic carbocycles. The van der Waals surface area contributed by atoms with Crippen molar-refractivity contribution < 1.29 is 14.6 Å². The maximum absolute atomic E-state index is 10.7. The highest BCUT2D eigenvalue weighted by Gasteiger charge is 2.16. The third-order valence-electron chi connectivity index (χ3n) is 3.10. The van der Waals surface area contributed by atoms with Crippen LogP contribution in [-0.2, 0) is 0 Å². The van der Waals surface area contributed by atoms with Crippen molar-refractivity contribution in [1.82, 2.24) is 4.90 Å². The first-order chi connectivity index (χ1) is 9.15. The molecule has 5 heteroatoms. The van der Waals surface area contributed by atoms with E-state index in [1.165, 1.54) is 5.75 Å². The first kappa shape index (κ1) is 14.2. The summed E-state index contributed by atoms with van der Waals surface area (Å²) >= 11 is 2.02. The molecular weight excluding hydrogens is 262 g/mol. The van der Waals surface area contributed by atoms with Crippen LogP contribution in [0.25, 0.3) is 0 Å². The van der Waals surface area contributed by atoms with E-state index in [9.17, 15) is 4.79 Å². The van der Waals surface area contributed by atoms with E-state index in [2.05, 4.69) is 11.8 Å². The monoisotopic (exact) mass is 281 g/mol. The summed E-state index contributed by atoms with van der Waals surface area (Å²) in [4.78, 5) is 13.1. The molecule has 1 saturated heterocycles. The normalized spacial score (nSPS) is 20.2. The molecule has 1 fully saturated rings. The number of carboxylic acids is 1. The summed E-state index contributed by atoms with van der Waals surface area (Å²) in [5.41, 5.74) is 0.286. The average molecular weight is 281 g/mol. The van der Waals surface area contributed by atoms with Crippen molar-refractivity contribution in [2.75, 3.05) is 32.0 Å². The van der Waals surface area contributed by atoms with E-state index in [-0.39, 0.29) is 5.56 Å². The number of benzene rings is 1. The molecule has 1 aliphatic rings. The van der Waals surface area contributed by atoms with Crippen LogP contribution >= 0.6 is 11.8 Å². The molecule has 1 N–H and O–H groups in total. The molecule has 0 aromatic heterocycles. The Hall–Kier alpha value is -1.20. The zero-order valence-electron chi connectivity index (χ0n) is 11.0. The second-order valence-electron chi connectivity index (χ2n) is 4.66. The van der Waals surface area contributed by atoms with E-state index in [1.54, 1.807) is 24.3 Å². The number of hydrogen-bond acceptors (Lipinski definition) is 4. The number of aromatic carboxylic acids is 1. The van der Waals surface area contributed by atoms with Crippen LogP contribution in [0.15, 0.2) is 24.3 Å². The van der Waals surface area contributed by atoms with E-state index in [0.29, 0.717) is 11.9 Å². The van der Waals surface area contributed by atoms with Crippen LogP contribution in [0.5, 0.6) is 5.75 Å². The van der Waals surface area contributed by atoms with E-state index in [0.717, 1.165) is 25.4 Å². The molecule has 1 aromatic rings. The molecule has 19 heavy (non-hydrogen) atoms. The maximum Gasteiger partial charge on any atom is 0.335 e. The summed E-state index contributed by atoms with van der Waals surface area (Å²) in [5.74, 6) is 1.00. The Kier molecular flexibility index (Phi) is 5.10. The summed E-state index contributed by atoms with van der Waals surface area (Å²) in [6, 6.07) is 6.55. The summed E-state index contributed by atoms with van der Waals surface area (Å²) in [6.07, 6.45) is 0. The van der Waals surface area contributed by atoms with Crippen molar-refractivity contribution in [3.8, 4) is 5.75 Å². The first-order valence-electron chi connectivity index (χ1n) is 6.45. The van der Waals surface area contributed by atoms with Gasteiger partial charge in [-0.2, -0.15) is 11.8 Å². The van der Waals surface area contributed by atoms with Gasteiger partial charge in [-0.05, 0) is 24.3 Å². The number of carbonyl (C=O) groups is 1. The topological polar surface area (TPSA) is 49.8 Å². The third-order valence-corrected chi connectivity index (χ3v) is 4.24. The zero-order valence-corrected chi connectivity index (χ0v) is 11.9. The molecule has 0 aliphatic carbocycles. The summed E-state index contributed by atoms with van der Waals surface area (Å²) < 4.78 is 5.64. The molecule has 2 rings (SSSR count). The third kappa shape index (κ3) is 4.44. The molecule has 4 nitrogen and oxygen atoms in total. The van der Waals surface area contributed by atoms with Crippen LogP contribution in [-0.4, -0.2) is 53.2 Å². The van der Waals surface area contributed by atoms with Gasteiger partial charge >= 0.3 is 5.97 Å². The first-order valence-corrected chi connectivity index (χ1v) is 7.50. The molecule has 0 bridgehead atoms. The summed E-state index contributed by atoms with van der Waals surface area (Å²) in [7, 11) is 0. The van der Waals surface area contributed by atoms with Gasteiger partial charge in [-0.15, -0.1) is 0 Å². The van der Waals surface area contributed by atoms with Crippen molar-refractivity contribution in [2.24, 2.45) is 0 Å². The molecule has 0 saturated carbocycles. The van der Waals surface area contributed by atoms with Crippen molar-refractivity contribution in [2.45, 2.75) is 12.2 Å². The van der Waals surface area contributed by atoms with Gasteiger partial charge in [-0.25, -0.2) is 4.79 Å². The summed E-state index contributed by atoms with van der Waals surface area (Å²) in [5, 5.41) is 9.50. The number of rotatable bonds is 5. The Morgan fingerprint density at radius 3 is 2.84 bits per heavy atom. The number of thioether (sulfide) groups is 1. The Morgan fingerprint density at radius 1 is 1.47 bits per heavy atom. The Morgan fingerprint density at radius 2 is 2.21 bits per heavy atom. The molecule has 0 radical (unpaired) electrons. The standard InChI is InChI=1S/C14H19NO3S/c1-11-10-15(7-9-19-11)6-8-18-13-4-2-12(3-5-13)14(16)17/h2-5,11H,6-10H2,1H3,(H,16,17). The van der Waals surface area contributed by atoms with Crippen molar-refractivity contribution in [3.63, 3.8) is 0 Å². The van der Waals surface area contributed by atoms with Crippen LogP contribution < -0.4 is 4.74 Å². The number of nitrogens with zero attached hydrogens (tertiary/aromatic N) is 1. The van der Waals surface area contributed by atoms with Gasteiger partial charge in [-0.3, -0.25) is 4.90 Å². The molecule has 1 atom stereocenters. The minimum Gasteiger partial charge on any atom is -0.492 e. The minimum absolute atomic E-state index is 0.286. The SMILES string of the molecule is CC1CN(CCOc2ccc(C(=O)O)cc2)CCS1. The van der Waals surface area contributed by atoms with Gasteiger partial charge in [0.25, 0.3) is 0 Å². The van der Waals surface area contributed by atoms with Crippen molar-refractivity contribution >= 4 is 17.7 Å². The van der Waals surface area contributed by atoms with Crippen LogP contribution in [0, 0.1) is 0 Å². The average Bonchev–Trinajstić information content (AvgIpc) is 2.39. The van der Waals surface area contributed by atoms with Gasteiger partial charge in [0.1, 0.15) is 12.4 Å². The lowest BCUT2D eigenvalue weighted by atomic mass is 10.2. The van der Waals surface area contributed by atoms with Crippen LogP contribution in [0.4, 0.5) is 0 Å². The fourth-order valence-electron chi connectivity index (χ4n) is 2.08.